The van der Waals surface area contributed by atoms with Crippen LogP contribution in [-0.2, 0) is 18.9 Å². The molecule has 0 amide bonds. The normalized spacial score (nSPS) is 11.7. The van der Waals surface area contributed by atoms with Crippen molar-refractivity contribution in [3.63, 3.8) is 0 Å². The Morgan fingerprint density at radius 2 is 1.80 bits per heavy atom. The van der Waals surface area contributed by atoms with Gasteiger partial charge in [-0.2, -0.15) is 0 Å². The zero-order valence-electron chi connectivity index (χ0n) is 20.3. The summed E-state index contributed by atoms with van der Waals surface area (Å²) in [7, 11) is 0. The molecule has 0 aliphatic carbocycles. The maximum absolute atomic E-state index is 14.3. The number of unbranched alkanes of at least 4 members (excludes halogenated alkanes) is 2. The molecule has 0 atom stereocenters. The summed E-state index contributed by atoms with van der Waals surface area (Å²) in [6, 6.07) is 20.6. The third kappa shape index (κ3) is 5.70. The monoisotopic (exact) mass is 474 g/mol. The lowest BCUT2D eigenvalue weighted by atomic mass is 10.0. The minimum absolute atomic E-state index is 0.0104. The van der Waals surface area contributed by atoms with Crippen molar-refractivity contribution >= 4 is 28.4 Å². The van der Waals surface area contributed by atoms with Crippen LogP contribution in [-0.4, -0.2) is 9.55 Å². The molecule has 35 heavy (non-hydrogen) atoms. The quantitative estimate of drug-likeness (QED) is 0.233. The van der Waals surface area contributed by atoms with Crippen LogP contribution >= 0.6 is 0 Å². The third-order valence-corrected chi connectivity index (χ3v) is 6.22. The van der Waals surface area contributed by atoms with Gasteiger partial charge in [-0.15, -0.1) is 0 Å². The number of aromatic nitrogens is 2. The summed E-state index contributed by atoms with van der Waals surface area (Å²) in [6.07, 6.45) is 4.65. The van der Waals surface area contributed by atoms with Crippen molar-refractivity contribution < 1.29 is 8.78 Å². The highest BCUT2D eigenvalue weighted by atomic mass is 19.3. The van der Waals surface area contributed by atoms with Crippen molar-refractivity contribution in [3.8, 4) is 0 Å². The molecule has 0 bridgehead atoms. The first-order valence-electron chi connectivity index (χ1n) is 12.0. The fourth-order valence-corrected chi connectivity index (χ4v) is 4.30. The van der Waals surface area contributed by atoms with Crippen molar-refractivity contribution in [2.24, 2.45) is 5.73 Å². The number of benzene rings is 3. The Bertz CT molecular complexity index is 1320. The summed E-state index contributed by atoms with van der Waals surface area (Å²) < 4.78 is 30.6. The SMILES string of the molecule is C=C(N)c1ccc2c(c1)nc(Nc1ccc(CCCCC)cc1)n2Cc1ccccc1C(C)(F)F. The molecule has 1 aromatic heterocycles. The molecular formula is C29H32F2N4. The fourth-order valence-electron chi connectivity index (χ4n) is 4.30. The number of rotatable bonds is 10. The Morgan fingerprint density at radius 3 is 2.49 bits per heavy atom. The van der Waals surface area contributed by atoms with Crippen molar-refractivity contribution in [2.75, 3.05) is 5.32 Å². The molecule has 0 saturated carbocycles. The van der Waals surface area contributed by atoms with Crippen molar-refractivity contribution in [3.05, 3.63) is 95.6 Å². The highest BCUT2D eigenvalue weighted by Crippen LogP contribution is 2.32. The number of fused-ring (bicyclic) bond motifs is 1. The van der Waals surface area contributed by atoms with Crippen LogP contribution in [0.4, 0.5) is 20.4 Å². The summed E-state index contributed by atoms with van der Waals surface area (Å²) in [5, 5.41) is 3.39. The number of alkyl halides is 2. The number of nitrogens with two attached hydrogens (primary N) is 1. The summed E-state index contributed by atoms with van der Waals surface area (Å²) in [5.41, 5.74) is 11.4. The molecule has 1 heterocycles. The highest BCUT2D eigenvalue weighted by Gasteiger charge is 2.27. The zero-order chi connectivity index (χ0) is 25.0. The molecule has 4 rings (SSSR count). The molecule has 3 aromatic carbocycles. The van der Waals surface area contributed by atoms with Gasteiger partial charge in [-0.1, -0.05) is 68.8 Å². The van der Waals surface area contributed by atoms with Crippen LogP contribution in [0.25, 0.3) is 16.7 Å². The molecule has 3 N–H and O–H groups in total. The molecule has 0 aliphatic rings. The van der Waals surface area contributed by atoms with Crippen LogP contribution < -0.4 is 11.1 Å². The second-order valence-electron chi connectivity index (χ2n) is 9.07. The molecule has 182 valence electrons. The predicted octanol–water partition coefficient (Wildman–Crippen LogP) is 7.60. The van der Waals surface area contributed by atoms with E-state index in [1.165, 1.54) is 30.9 Å². The largest absolute Gasteiger partial charge is 0.399 e. The number of anilines is 2. The third-order valence-electron chi connectivity index (χ3n) is 6.22. The summed E-state index contributed by atoms with van der Waals surface area (Å²) in [4.78, 5) is 4.79. The van der Waals surface area contributed by atoms with E-state index in [-0.39, 0.29) is 12.1 Å². The Labute approximate surface area is 205 Å². The van der Waals surface area contributed by atoms with Gasteiger partial charge >= 0.3 is 0 Å². The van der Waals surface area contributed by atoms with E-state index in [1.54, 1.807) is 18.2 Å². The van der Waals surface area contributed by atoms with E-state index in [9.17, 15) is 8.78 Å². The maximum atomic E-state index is 14.3. The van der Waals surface area contributed by atoms with E-state index < -0.39 is 5.92 Å². The van der Waals surface area contributed by atoms with Gasteiger partial charge in [0.25, 0.3) is 5.92 Å². The Morgan fingerprint density at radius 1 is 1.06 bits per heavy atom. The molecule has 4 nitrogen and oxygen atoms in total. The van der Waals surface area contributed by atoms with Gasteiger partial charge in [0.1, 0.15) is 0 Å². The van der Waals surface area contributed by atoms with Gasteiger partial charge in [0.05, 0.1) is 17.6 Å². The standard InChI is InChI=1S/C29H32F2N4/c1-4-5-6-9-21-12-15-24(16-13-21)33-28-34-26-18-22(20(2)32)14-17-27(26)35(28)19-23-10-7-8-11-25(23)29(3,30)31/h7-8,10-18H,2,4-6,9,19,32H2,1,3H3,(H,33,34). The first kappa shape index (κ1) is 24.5. The maximum Gasteiger partial charge on any atom is 0.270 e. The Balaban J connectivity index is 1.71. The van der Waals surface area contributed by atoms with Gasteiger partial charge in [-0.25, -0.2) is 13.8 Å². The van der Waals surface area contributed by atoms with E-state index in [4.69, 9.17) is 10.7 Å². The van der Waals surface area contributed by atoms with Crippen molar-refractivity contribution in [1.82, 2.24) is 9.55 Å². The van der Waals surface area contributed by atoms with Gasteiger partial charge in [0.2, 0.25) is 5.95 Å². The van der Waals surface area contributed by atoms with E-state index in [0.29, 0.717) is 22.7 Å². The average Bonchev–Trinajstić information content (AvgIpc) is 3.16. The van der Waals surface area contributed by atoms with E-state index in [0.717, 1.165) is 30.1 Å². The molecule has 0 unspecified atom stereocenters. The van der Waals surface area contributed by atoms with Gasteiger partial charge < -0.3 is 15.6 Å². The van der Waals surface area contributed by atoms with Crippen LogP contribution in [0, 0.1) is 0 Å². The van der Waals surface area contributed by atoms with Crippen LogP contribution in [0.5, 0.6) is 0 Å². The molecule has 0 fully saturated rings. The number of hydrogen-bond donors (Lipinski definition) is 2. The second kappa shape index (κ2) is 10.3. The number of aryl methyl sites for hydroxylation is 1. The van der Waals surface area contributed by atoms with Crippen LogP contribution in [0.3, 0.4) is 0 Å². The lowest BCUT2D eigenvalue weighted by molar-refractivity contribution is 0.0165. The molecule has 0 aliphatic heterocycles. The van der Waals surface area contributed by atoms with Gasteiger partial charge in [-0.05, 0) is 53.8 Å². The number of nitrogens with zero attached hydrogens (tertiary/aromatic N) is 2. The summed E-state index contributed by atoms with van der Waals surface area (Å²) >= 11 is 0. The van der Waals surface area contributed by atoms with Gasteiger partial charge in [0, 0.05) is 23.9 Å². The van der Waals surface area contributed by atoms with Crippen LogP contribution in [0.15, 0.2) is 73.3 Å². The molecular weight excluding hydrogens is 442 g/mol. The number of hydrogen-bond acceptors (Lipinski definition) is 3. The number of halogens is 2. The van der Waals surface area contributed by atoms with E-state index in [2.05, 4.69) is 31.0 Å². The minimum atomic E-state index is -2.95. The van der Waals surface area contributed by atoms with E-state index in [1.807, 2.05) is 34.9 Å². The first-order valence-corrected chi connectivity index (χ1v) is 12.0. The molecule has 4 aromatic rings. The van der Waals surface area contributed by atoms with Crippen molar-refractivity contribution in [2.45, 2.75) is 52.0 Å². The summed E-state index contributed by atoms with van der Waals surface area (Å²) in [5.74, 6) is -2.37. The Hall–Kier alpha value is -3.67. The molecule has 0 spiro atoms. The van der Waals surface area contributed by atoms with Gasteiger partial charge in [-0.3, -0.25) is 0 Å². The molecule has 0 radical (unpaired) electrons. The number of imidazole rings is 1. The zero-order valence-corrected chi connectivity index (χ0v) is 20.3. The first-order chi connectivity index (χ1) is 16.8. The lowest BCUT2D eigenvalue weighted by Gasteiger charge is -2.18. The highest BCUT2D eigenvalue weighted by molar-refractivity contribution is 5.83. The molecule has 0 saturated heterocycles. The minimum Gasteiger partial charge on any atom is -0.399 e. The fraction of sp³-hybridized carbons (Fsp3) is 0.276. The Kier molecular flexibility index (Phi) is 7.20. The second-order valence-corrected chi connectivity index (χ2v) is 9.07. The average molecular weight is 475 g/mol. The number of nitrogens with one attached hydrogen (secondary N) is 1. The van der Waals surface area contributed by atoms with Crippen LogP contribution in [0.2, 0.25) is 0 Å². The van der Waals surface area contributed by atoms with E-state index >= 15 is 0 Å². The summed E-state index contributed by atoms with van der Waals surface area (Å²) in [6.45, 7) is 7.19. The van der Waals surface area contributed by atoms with Crippen molar-refractivity contribution in [1.29, 1.82) is 0 Å². The van der Waals surface area contributed by atoms with Gasteiger partial charge in [0.15, 0.2) is 0 Å². The molecule has 6 heteroatoms. The smallest absolute Gasteiger partial charge is 0.270 e. The lowest BCUT2D eigenvalue weighted by Crippen LogP contribution is -2.14. The topological polar surface area (TPSA) is 55.9 Å². The predicted molar refractivity (Wildman–Crippen MR) is 141 cm³/mol. The van der Waals surface area contributed by atoms with Crippen LogP contribution in [0.1, 0.15) is 55.4 Å².